The molecule has 0 aromatic heterocycles. The summed E-state index contributed by atoms with van der Waals surface area (Å²) < 4.78 is 43.9. The Labute approximate surface area is 142 Å². The molecule has 0 saturated carbocycles. The zero-order valence-corrected chi connectivity index (χ0v) is 13.9. The summed E-state index contributed by atoms with van der Waals surface area (Å²) in [6, 6.07) is 2.71. The van der Waals surface area contributed by atoms with E-state index in [0.717, 1.165) is 12.1 Å². The van der Waals surface area contributed by atoms with Gasteiger partial charge in [0.15, 0.2) is 0 Å². The van der Waals surface area contributed by atoms with Crippen LogP contribution in [0.3, 0.4) is 0 Å². The molecule has 0 unspecified atom stereocenters. The molecule has 0 fully saturated rings. The molecule has 10 heteroatoms. The smallest absolute Gasteiger partial charge is 0.416 e. The number of benzene rings is 1. The van der Waals surface area contributed by atoms with Crippen molar-refractivity contribution in [3.63, 3.8) is 0 Å². The van der Waals surface area contributed by atoms with Gasteiger partial charge in [-0.1, -0.05) is 6.07 Å². The second kappa shape index (κ2) is 9.33. The van der Waals surface area contributed by atoms with E-state index in [1.165, 1.54) is 6.92 Å². The first-order chi connectivity index (χ1) is 11.6. The highest BCUT2D eigenvalue weighted by molar-refractivity contribution is 5.65. The number of nitro groups is 1. The third kappa shape index (κ3) is 7.48. The summed E-state index contributed by atoms with van der Waals surface area (Å²) in [5.74, 6) is -0.371. The lowest BCUT2D eigenvalue weighted by Gasteiger charge is -2.17. The predicted molar refractivity (Wildman–Crippen MR) is 83.9 cm³/mol. The summed E-state index contributed by atoms with van der Waals surface area (Å²) in [6.45, 7) is 2.94. The van der Waals surface area contributed by atoms with E-state index in [4.69, 9.17) is 4.74 Å². The number of hydrogen-bond donors (Lipinski definition) is 1. The number of alkyl halides is 3. The lowest BCUT2D eigenvalue weighted by molar-refractivity contribution is -0.385. The van der Waals surface area contributed by atoms with Gasteiger partial charge in [0, 0.05) is 45.2 Å². The van der Waals surface area contributed by atoms with E-state index in [-0.39, 0.29) is 24.7 Å². The summed E-state index contributed by atoms with van der Waals surface area (Å²) in [6.07, 6.45) is -4.66. The molecule has 0 aliphatic rings. The second-order valence-corrected chi connectivity index (χ2v) is 5.42. The van der Waals surface area contributed by atoms with Gasteiger partial charge >= 0.3 is 12.1 Å². The van der Waals surface area contributed by atoms with E-state index in [0.29, 0.717) is 25.7 Å². The Bertz CT molecular complexity index is 608. The Hall–Kier alpha value is -2.20. The molecule has 1 aromatic rings. The molecule has 0 heterocycles. The van der Waals surface area contributed by atoms with Crippen molar-refractivity contribution in [3.05, 3.63) is 39.4 Å². The van der Waals surface area contributed by atoms with Gasteiger partial charge < -0.3 is 15.0 Å². The molecule has 0 atom stereocenters. The molecule has 25 heavy (non-hydrogen) atoms. The van der Waals surface area contributed by atoms with Crippen molar-refractivity contribution < 1.29 is 27.6 Å². The fraction of sp³-hybridized carbons (Fsp3) is 0.533. The van der Waals surface area contributed by atoms with Gasteiger partial charge in [-0.25, -0.2) is 0 Å². The predicted octanol–water partition coefficient (Wildman–Crippen LogP) is 2.20. The fourth-order valence-corrected chi connectivity index (χ4v) is 2.05. The lowest BCUT2D eigenvalue weighted by atomic mass is 10.1. The highest BCUT2D eigenvalue weighted by Gasteiger charge is 2.34. The van der Waals surface area contributed by atoms with E-state index in [1.54, 1.807) is 7.05 Å². The van der Waals surface area contributed by atoms with Crippen LogP contribution in [0.15, 0.2) is 18.2 Å². The van der Waals surface area contributed by atoms with E-state index in [1.807, 2.05) is 4.90 Å². The molecule has 1 aromatic carbocycles. The lowest BCUT2D eigenvalue weighted by Crippen LogP contribution is -2.32. The van der Waals surface area contributed by atoms with Crippen LogP contribution < -0.4 is 5.32 Å². The largest absolute Gasteiger partial charge is 0.465 e. The van der Waals surface area contributed by atoms with Crippen molar-refractivity contribution >= 4 is 11.7 Å². The Morgan fingerprint density at radius 3 is 2.60 bits per heavy atom. The highest BCUT2D eigenvalue weighted by atomic mass is 19.4. The van der Waals surface area contributed by atoms with E-state index in [2.05, 4.69) is 5.32 Å². The highest BCUT2D eigenvalue weighted by Crippen LogP contribution is 2.34. The van der Waals surface area contributed by atoms with Gasteiger partial charge in [-0.2, -0.15) is 13.2 Å². The van der Waals surface area contributed by atoms with E-state index >= 15 is 0 Å². The normalized spacial score (nSPS) is 11.6. The van der Waals surface area contributed by atoms with Crippen LogP contribution in [0, 0.1) is 10.1 Å². The van der Waals surface area contributed by atoms with Crippen LogP contribution in [0.5, 0.6) is 0 Å². The summed E-state index contributed by atoms with van der Waals surface area (Å²) in [5.41, 5.74) is -1.67. The number of non-ortho nitro benzene ring substituents is 1. The van der Waals surface area contributed by atoms with Crippen LogP contribution in [-0.4, -0.2) is 49.1 Å². The van der Waals surface area contributed by atoms with Crippen LogP contribution >= 0.6 is 0 Å². The monoisotopic (exact) mass is 363 g/mol. The number of rotatable bonds is 9. The van der Waals surface area contributed by atoms with Gasteiger partial charge in [0.1, 0.15) is 6.61 Å². The van der Waals surface area contributed by atoms with Gasteiger partial charge in [-0.15, -0.1) is 0 Å². The Morgan fingerprint density at radius 2 is 2.04 bits per heavy atom. The molecule has 140 valence electrons. The number of likely N-dealkylation sites (N-methyl/N-ethyl adjacent to an activating group) is 1. The van der Waals surface area contributed by atoms with Crippen LogP contribution in [-0.2, 0) is 22.3 Å². The molecule has 0 aliphatic heterocycles. The Balaban J connectivity index is 2.54. The van der Waals surface area contributed by atoms with Crippen molar-refractivity contribution in [2.75, 3.05) is 33.3 Å². The number of carbonyl (C=O) groups excluding carboxylic acids is 1. The summed E-state index contributed by atoms with van der Waals surface area (Å²) in [4.78, 5) is 22.3. The first-order valence-corrected chi connectivity index (χ1v) is 7.48. The maximum absolute atomic E-state index is 13.0. The number of nitrogens with zero attached hydrogens (tertiary/aromatic N) is 2. The van der Waals surface area contributed by atoms with Crippen LogP contribution in [0.1, 0.15) is 18.1 Å². The quantitative estimate of drug-likeness (QED) is 0.313. The van der Waals surface area contributed by atoms with Crippen LogP contribution in [0.4, 0.5) is 18.9 Å². The molecule has 1 rings (SSSR count). The molecular weight excluding hydrogens is 343 g/mol. The maximum atomic E-state index is 13.0. The second-order valence-electron chi connectivity index (χ2n) is 5.42. The van der Waals surface area contributed by atoms with Crippen molar-refractivity contribution in [3.8, 4) is 0 Å². The number of halogens is 3. The summed E-state index contributed by atoms with van der Waals surface area (Å²) in [7, 11) is 1.79. The summed E-state index contributed by atoms with van der Waals surface area (Å²) in [5, 5.41) is 13.5. The minimum Gasteiger partial charge on any atom is -0.465 e. The molecule has 0 saturated heterocycles. The first kappa shape index (κ1) is 20.8. The number of carbonyl (C=O) groups is 1. The standard InChI is InChI=1S/C15H20F3N3O4/c1-11(22)25-8-7-20(2)6-5-19-10-12-3-4-13(21(23)24)9-14(12)15(16,17)18/h3-4,9,19H,5-8,10H2,1-2H3. The number of esters is 1. The Morgan fingerprint density at radius 1 is 1.36 bits per heavy atom. The third-order valence-electron chi connectivity index (χ3n) is 3.37. The zero-order valence-electron chi connectivity index (χ0n) is 13.9. The van der Waals surface area contributed by atoms with Crippen molar-refractivity contribution in [1.82, 2.24) is 10.2 Å². The maximum Gasteiger partial charge on any atom is 0.416 e. The SMILES string of the molecule is CC(=O)OCCN(C)CCNCc1ccc([N+](=O)[O-])cc1C(F)(F)F. The molecule has 0 bridgehead atoms. The Kier molecular flexibility index (Phi) is 7.78. The first-order valence-electron chi connectivity index (χ1n) is 7.48. The molecule has 7 nitrogen and oxygen atoms in total. The van der Waals surface area contributed by atoms with E-state index in [9.17, 15) is 28.1 Å². The average Bonchev–Trinajstić information content (AvgIpc) is 2.50. The molecule has 0 radical (unpaired) electrons. The van der Waals surface area contributed by atoms with Crippen molar-refractivity contribution in [1.29, 1.82) is 0 Å². The van der Waals surface area contributed by atoms with Crippen LogP contribution in [0.2, 0.25) is 0 Å². The molecule has 1 N–H and O–H groups in total. The van der Waals surface area contributed by atoms with Gasteiger partial charge in [-0.05, 0) is 12.6 Å². The molecule has 0 spiro atoms. The summed E-state index contributed by atoms with van der Waals surface area (Å²) >= 11 is 0. The van der Waals surface area contributed by atoms with Crippen LogP contribution in [0.25, 0.3) is 0 Å². The number of ether oxygens (including phenoxy) is 1. The number of nitro benzene ring substituents is 1. The molecule has 0 aliphatic carbocycles. The van der Waals surface area contributed by atoms with Crippen molar-refractivity contribution in [2.45, 2.75) is 19.6 Å². The minimum atomic E-state index is -4.66. The van der Waals surface area contributed by atoms with E-state index < -0.39 is 22.4 Å². The van der Waals surface area contributed by atoms with Gasteiger partial charge in [0.05, 0.1) is 10.5 Å². The number of nitrogens with one attached hydrogen (secondary N) is 1. The van der Waals surface area contributed by atoms with Crippen molar-refractivity contribution in [2.24, 2.45) is 0 Å². The van der Waals surface area contributed by atoms with Gasteiger partial charge in [0.25, 0.3) is 5.69 Å². The molecule has 0 amide bonds. The zero-order chi connectivity index (χ0) is 19.0. The van der Waals surface area contributed by atoms with Gasteiger partial charge in [-0.3, -0.25) is 14.9 Å². The molecular formula is C15H20F3N3O4. The average molecular weight is 363 g/mol. The third-order valence-corrected chi connectivity index (χ3v) is 3.37. The minimum absolute atomic E-state index is 0.0549. The van der Waals surface area contributed by atoms with Gasteiger partial charge in [0.2, 0.25) is 0 Å². The fourth-order valence-electron chi connectivity index (χ4n) is 2.05. The number of hydrogen-bond acceptors (Lipinski definition) is 6. The topological polar surface area (TPSA) is 84.7 Å².